The Morgan fingerprint density at radius 1 is 1.55 bits per heavy atom. The standard InChI is InChI=1S/C8H10N2S/c1-9-8(11-2)7-5-3-4-6-10-7/h3-6H,1-2H3. The number of hydrogen-bond donors (Lipinski definition) is 0. The van der Waals surface area contributed by atoms with Gasteiger partial charge in [-0.1, -0.05) is 6.07 Å². The molecule has 0 atom stereocenters. The minimum Gasteiger partial charge on any atom is -0.280 e. The van der Waals surface area contributed by atoms with Crippen molar-refractivity contribution < 1.29 is 0 Å². The van der Waals surface area contributed by atoms with Gasteiger partial charge in [-0.05, 0) is 18.4 Å². The van der Waals surface area contributed by atoms with Crippen LogP contribution in [0.3, 0.4) is 0 Å². The second-order valence-electron chi connectivity index (χ2n) is 1.95. The number of aliphatic imine (C=N–C) groups is 1. The van der Waals surface area contributed by atoms with Crippen LogP contribution in [-0.4, -0.2) is 23.3 Å². The van der Waals surface area contributed by atoms with E-state index < -0.39 is 0 Å². The first-order valence-electron chi connectivity index (χ1n) is 3.30. The molecule has 0 spiro atoms. The first-order chi connectivity index (χ1) is 5.38. The van der Waals surface area contributed by atoms with Gasteiger partial charge in [0.05, 0.1) is 5.69 Å². The highest BCUT2D eigenvalue weighted by Crippen LogP contribution is 2.06. The molecule has 1 rings (SSSR count). The maximum absolute atomic E-state index is 4.17. The zero-order valence-corrected chi connectivity index (χ0v) is 7.43. The van der Waals surface area contributed by atoms with Gasteiger partial charge in [-0.3, -0.25) is 9.98 Å². The Morgan fingerprint density at radius 3 is 2.82 bits per heavy atom. The van der Waals surface area contributed by atoms with Crippen LogP contribution in [-0.2, 0) is 0 Å². The summed E-state index contributed by atoms with van der Waals surface area (Å²) >= 11 is 1.61. The normalized spacial score (nSPS) is 11.6. The van der Waals surface area contributed by atoms with E-state index in [4.69, 9.17) is 0 Å². The van der Waals surface area contributed by atoms with E-state index in [-0.39, 0.29) is 0 Å². The largest absolute Gasteiger partial charge is 0.280 e. The summed E-state index contributed by atoms with van der Waals surface area (Å²) in [4.78, 5) is 8.26. The Kier molecular flexibility index (Phi) is 3.11. The molecule has 1 heterocycles. The van der Waals surface area contributed by atoms with Crippen molar-refractivity contribution in [2.24, 2.45) is 4.99 Å². The third-order valence-electron chi connectivity index (χ3n) is 1.28. The Balaban J connectivity index is 2.92. The van der Waals surface area contributed by atoms with Crippen LogP contribution < -0.4 is 0 Å². The molecular weight excluding hydrogens is 156 g/mol. The second-order valence-corrected chi connectivity index (χ2v) is 2.74. The smallest absolute Gasteiger partial charge is 0.116 e. The van der Waals surface area contributed by atoms with Gasteiger partial charge < -0.3 is 0 Å². The summed E-state index contributed by atoms with van der Waals surface area (Å²) < 4.78 is 0. The van der Waals surface area contributed by atoms with Crippen LogP contribution in [0.4, 0.5) is 0 Å². The summed E-state index contributed by atoms with van der Waals surface area (Å²) in [7, 11) is 1.78. The Hall–Kier alpha value is -0.830. The second kappa shape index (κ2) is 4.13. The van der Waals surface area contributed by atoms with Crippen LogP contribution in [0.25, 0.3) is 0 Å². The highest BCUT2D eigenvalue weighted by Gasteiger charge is 1.98. The molecule has 1 aromatic heterocycles. The van der Waals surface area contributed by atoms with Crippen molar-refractivity contribution in [2.45, 2.75) is 0 Å². The van der Waals surface area contributed by atoms with Crippen LogP contribution in [0, 0.1) is 0 Å². The van der Waals surface area contributed by atoms with E-state index >= 15 is 0 Å². The molecular formula is C8H10N2S. The minimum absolute atomic E-state index is 0.947. The fourth-order valence-corrected chi connectivity index (χ4v) is 1.31. The van der Waals surface area contributed by atoms with Crippen molar-refractivity contribution in [3.05, 3.63) is 30.1 Å². The summed E-state index contributed by atoms with van der Waals surface area (Å²) in [5.74, 6) is 0. The lowest BCUT2D eigenvalue weighted by Crippen LogP contribution is -1.96. The molecule has 0 unspecified atom stereocenters. The van der Waals surface area contributed by atoms with Crippen molar-refractivity contribution in [3.63, 3.8) is 0 Å². The maximum atomic E-state index is 4.17. The summed E-state index contributed by atoms with van der Waals surface area (Å²) in [6.45, 7) is 0. The molecule has 0 bridgehead atoms. The lowest BCUT2D eigenvalue weighted by atomic mass is 10.4. The molecule has 0 saturated heterocycles. The molecule has 58 valence electrons. The molecule has 1 aromatic rings. The molecule has 0 aliphatic carbocycles. The Labute approximate surface area is 70.8 Å². The molecule has 0 saturated carbocycles. The predicted octanol–water partition coefficient (Wildman–Crippen LogP) is 1.82. The van der Waals surface area contributed by atoms with Gasteiger partial charge >= 0.3 is 0 Å². The van der Waals surface area contributed by atoms with E-state index in [1.165, 1.54) is 0 Å². The highest BCUT2D eigenvalue weighted by molar-refractivity contribution is 8.13. The fraction of sp³-hybridized carbons (Fsp3) is 0.250. The molecule has 0 radical (unpaired) electrons. The third-order valence-corrected chi connectivity index (χ3v) is 2.06. The average Bonchev–Trinajstić information content (AvgIpc) is 2.09. The predicted molar refractivity (Wildman–Crippen MR) is 50.2 cm³/mol. The topological polar surface area (TPSA) is 25.2 Å². The third kappa shape index (κ3) is 2.05. The number of aromatic nitrogens is 1. The number of nitrogens with zero attached hydrogens (tertiary/aromatic N) is 2. The number of thioether (sulfide) groups is 1. The van der Waals surface area contributed by atoms with Gasteiger partial charge in [-0.2, -0.15) is 0 Å². The van der Waals surface area contributed by atoms with Gasteiger partial charge in [0.15, 0.2) is 0 Å². The lowest BCUT2D eigenvalue weighted by Gasteiger charge is -1.98. The molecule has 0 aromatic carbocycles. The minimum atomic E-state index is 0.947. The van der Waals surface area contributed by atoms with E-state index in [9.17, 15) is 0 Å². The molecule has 3 heteroatoms. The van der Waals surface area contributed by atoms with Crippen LogP contribution in [0.5, 0.6) is 0 Å². The quantitative estimate of drug-likeness (QED) is 0.469. The van der Waals surface area contributed by atoms with Crippen LogP contribution in [0.2, 0.25) is 0 Å². The van der Waals surface area contributed by atoms with Gasteiger partial charge in [-0.25, -0.2) is 0 Å². The molecule has 11 heavy (non-hydrogen) atoms. The van der Waals surface area contributed by atoms with E-state index in [1.54, 1.807) is 25.0 Å². The zero-order chi connectivity index (χ0) is 8.10. The SMILES string of the molecule is CN=C(SC)c1ccccn1. The van der Waals surface area contributed by atoms with Crippen molar-refractivity contribution in [2.75, 3.05) is 13.3 Å². The van der Waals surface area contributed by atoms with Crippen molar-refractivity contribution >= 4 is 16.8 Å². The Morgan fingerprint density at radius 2 is 2.36 bits per heavy atom. The summed E-state index contributed by atoms with van der Waals surface area (Å²) in [6, 6.07) is 5.82. The van der Waals surface area contributed by atoms with Gasteiger partial charge in [0.2, 0.25) is 0 Å². The number of pyridine rings is 1. The Bertz CT molecular complexity index is 244. The number of rotatable bonds is 1. The van der Waals surface area contributed by atoms with E-state index in [0.717, 1.165) is 10.7 Å². The fourth-order valence-electron chi connectivity index (χ4n) is 0.800. The van der Waals surface area contributed by atoms with E-state index in [2.05, 4.69) is 9.98 Å². The summed E-state index contributed by atoms with van der Waals surface area (Å²) in [5.41, 5.74) is 0.947. The molecule has 0 N–H and O–H groups in total. The molecule has 2 nitrogen and oxygen atoms in total. The van der Waals surface area contributed by atoms with Crippen LogP contribution >= 0.6 is 11.8 Å². The first kappa shape index (κ1) is 8.27. The van der Waals surface area contributed by atoms with E-state index in [1.807, 2.05) is 24.5 Å². The molecule has 0 aliphatic heterocycles. The first-order valence-corrected chi connectivity index (χ1v) is 4.53. The van der Waals surface area contributed by atoms with Crippen molar-refractivity contribution in [3.8, 4) is 0 Å². The van der Waals surface area contributed by atoms with Gasteiger partial charge in [0.1, 0.15) is 5.04 Å². The molecule has 0 aliphatic rings. The maximum Gasteiger partial charge on any atom is 0.116 e. The van der Waals surface area contributed by atoms with Crippen LogP contribution in [0.15, 0.2) is 29.4 Å². The monoisotopic (exact) mass is 166 g/mol. The highest BCUT2D eigenvalue weighted by atomic mass is 32.2. The van der Waals surface area contributed by atoms with E-state index in [0.29, 0.717) is 0 Å². The van der Waals surface area contributed by atoms with Gasteiger partial charge in [0, 0.05) is 13.2 Å². The molecule has 0 amide bonds. The molecule has 0 fully saturated rings. The number of hydrogen-bond acceptors (Lipinski definition) is 3. The lowest BCUT2D eigenvalue weighted by molar-refractivity contribution is 1.29. The summed E-state index contributed by atoms with van der Waals surface area (Å²) in [5, 5.41) is 0.977. The van der Waals surface area contributed by atoms with Gasteiger partial charge in [-0.15, -0.1) is 11.8 Å². The van der Waals surface area contributed by atoms with Crippen LogP contribution in [0.1, 0.15) is 5.69 Å². The van der Waals surface area contributed by atoms with Gasteiger partial charge in [0.25, 0.3) is 0 Å². The average molecular weight is 166 g/mol. The zero-order valence-electron chi connectivity index (χ0n) is 6.61. The summed E-state index contributed by atoms with van der Waals surface area (Å²) in [6.07, 6.45) is 3.77. The van der Waals surface area contributed by atoms with Crippen molar-refractivity contribution in [1.29, 1.82) is 0 Å². The van der Waals surface area contributed by atoms with Crippen molar-refractivity contribution in [1.82, 2.24) is 4.98 Å².